The van der Waals surface area contributed by atoms with Gasteiger partial charge in [0.15, 0.2) is 11.6 Å². The molecule has 0 bridgehead atoms. The molecule has 0 amide bonds. The van der Waals surface area contributed by atoms with Gasteiger partial charge in [-0.3, -0.25) is 9.59 Å². The Balaban J connectivity index is 1.61. The lowest BCUT2D eigenvalue weighted by Gasteiger charge is -2.34. The second-order valence-corrected chi connectivity index (χ2v) is 9.40. The average Bonchev–Trinajstić information content (AvgIpc) is 2.95. The van der Waals surface area contributed by atoms with Gasteiger partial charge in [-0.25, -0.2) is 0 Å². The molecule has 4 nitrogen and oxygen atoms in total. The van der Waals surface area contributed by atoms with E-state index in [-0.39, 0.29) is 23.0 Å². The molecule has 0 spiro atoms. The van der Waals surface area contributed by atoms with Crippen LogP contribution in [0.2, 0.25) is 0 Å². The molecule has 2 aliphatic rings. The van der Waals surface area contributed by atoms with Crippen molar-refractivity contribution in [1.29, 1.82) is 0 Å². The van der Waals surface area contributed by atoms with Crippen LogP contribution in [0.25, 0.3) is 0 Å². The van der Waals surface area contributed by atoms with Crippen LogP contribution in [-0.4, -0.2) is 11.6 Å². The van der Waals surface area contributed by atoms with Crippen LogP contribution in [0.4, 0.5) is 11.4 Å². The van der Waals surface area contributed by atoms with Crippen molar-refractivity contribution in [3.63, 3.8) is 0 Å². The smallest absolute Gasteiger partial charge is 0.193 e. The Morgan fingerprint density at radius 1 is 0.844 bits per heavy atom. The number of allylic oxidation sites excluding steroid dienone is 1. The molecule has 0 unspecified atom stereocenters. The van der Waals surface area contributed by atoms with Crippen molar-refractivity contribution in [2.45, 2.75) is 32.7 Å². The summed E-state index contributed by atoms with van der Waals surface area (Å²) in [5, 5.41) is 7.12. The van der Waals surface area contributed by atoms with Crippen molar-refractivity contribution in [2.75, 3.05) is 10.6 Å². The third-order valence-corrected chi connectivity index (χ3v) is 6.24. The molecule has 1 aliphatic heterocycles. The first-order chi connectivity index (χ1) is 15.4. The van der Waals surface area contributed by atoms with Gasteiger partial charge >= 0.3 is 0 Å². The van der Waals surface area contributed by atoms with Crippen molar-refractivity contribution in [3.8, 4) is 0 Å². The number of Topliss-reactive ketones (excluding diaryl/α,β-unsaturated/α-hetero) is 1. The van der Waals surface area contributed by atoms with E-state index in [2.05, 4.69) is 24.5 Å². The zero-order valence-corrected chi connectivity index (χ0v) is 18.3. The van der Waals surface area contributed by atoms with E-state index in [1.807, 2.05) is 78.9 Å². The second kappa shape index (κ2) is 7.79. The summed E-state index contributed by atoms with van der Waals surface area (Å²) in [5.41, 5.74) is 5.64. The number of hydrogen-bond acceptors (Lipinski definition) is 4. The van der Waals surface area contributed by atoms with Crippen molar-refractivity contribution < 1.29 is 9.59 Å². The summed E-state index contributed by atoms with van der Waals surface area (Å²) in [6.07, 6.45) is 1.29. The first-order valence-corrected chi connectivity index (χ1v) is 11.0. The van der Waals surface area contributed by atoms with Crippen molar-refractivity contribution >= 4 is 22.9 Å². The minimum atomic E-state index is -0.237. The Kier molecular flexibility index (Phi) is 4.93. The fraction of sp³-hybridized carbons (Fsp3) is 0.214. The van der Waals surface area contributed by atoms with Crippen LogP contribution < -0.4 is 10.6 Å². The van der Waals surface area contributed by atoms with E-state index in [1.54, 1.807) is 0 Å². The van der Waals surface area contributed by atoms with Gasteiger partial charge in [-0.05, 0) is 35.6 Å². The molecule has 0 saturated heterocycles. The minimum absolute atomic E-state index is 0.0201. The first kappa shape index (κ1) is 20.3. The minimum Gasteiger partial charge on any atom is -0.372 e. The van der Waals surface area contributed by atoms with Gasteiger partial charge in [0.05, 0.1) is 17.4 Å². The van der Waals surface area contributed by atoms with Crippen molar-refractivity contribution in [1.82, 2.24) is 0 Å². The molecule has 160 valence electrons. The third-order valence-electron chi connectivity index (χ3n) is 6.24. The highest BCUT2D eigenvalue weighted by atomic mass is 16.1. The number of hydrogen-bond donors (Lipinski definition) is 2. The molecular weight excluding hydrogens is 396 g/mol. The van der Waals surface area contributed by atoms with E-state index < -0.39 is 0 Å². The zero-order valence-electron chi connectivity index (χ0n) is 18.3. The quantitative estimate of drug-likeness (QED) is 0.498. The molecular formula is C28H26N2O2. The van der Waals surface area contributed by atoms with E-state index in [0.717, 1.165) is 34.6 Å². The number of ketones is 2. The number of nitrogens with one attached hydrogen (secondary N) is 2. The van der Waals surface area contributed by atoms with E-state index >= 15 is 0 Å². The Hall–Kier alpha value is -3.66. The van der Waals surface area contributed by atoms with Gasteiger partial charge in [0.1, 0.15) is 0 Å². The fourth-order valence-corrected chi connectivity index (χ4v) is 4.74. The average molecular weight is 423 g/mol. The van der Waals surface area contributed by atoms with Gasteiger partial charge in [0, 0.05) is 28.8 Å². The van der Waals surface area contributed by atoms with Crippen LogP contribution in [0.1, 0.15) is 54.2 Å². The summed E-state index contributed by atoms with van der Waals surface area (Å²) >= 11 is 0. The maximum Gasteiger partial charge on any atom is 0.193 e. The zero-order chi connectivity index (χ0) is 22.3. The van der Waals surface area contributed by atoms with Crippen LogP contribution in [0.5, 0.6) is 0 Å². The van der Waals surface area contributed by atoms with E-state index in [4.69, 9.17) is 0 Å². The van der Waals surface area contributed by atoms with Gasteiger partial charge in [-0.1, -0.05) is 74.5 Å². The molecule has 0 fully saturated rings. The number of fused-ring (bicyclic) bond motifs is 1. The lowest BCUT2D eigenvalue weighted by Crippen LogP contribution is -2.31. The predicted molar refractivity (Wildman–Crippen MR) is 128 cm³/mol. The Morgan fingerprint density at radius 3 is 2.25 bits per heavy atom. The van der Waals surface area contributed by atoms with Crippen molar-refractivity contribution in [3.05, 3.63) is 107 Å². The highest BCUT2D eigenvalue weighted by Gasteiger charge is 2.38. The fourth-order valence-electron chi connectivity index (χ4n) is 4.74. The molecule has 1 atom stereocenters. The topological polar surface area (TPSA) is 58.2 Å². The highest BCUT2D eigenvalue weighted by Crippen LogP contribution is 2.45. The Labute approximate surface area is 188 Å². The largest absolute Gasteiger partial charge is 0.372 e. The molecule has 4 heteroatoms. The Bertz CT molecular complexity index is 1230. The first-order valence-electron chi connectivity index (χ1n) is 11.0. The second-order valence-electron chi connectivity index (χ2n) is 9.40. The van der Waals surface area contributed by atoms with Crippen LogP contribution in [0.3, 0.4) is 0 Å². The number of carbonyl (C=O) groups is 2. The van der Waals surface area contributed by atoms with Gasteiger partial charge in [-0.15, -0.1) is 0 Å². The third kappa shape index (κ3) is 3.73. The molecule has 1 aliphatic carbocycles. The van der Waals surface area contributed by atoms with Crippen molar-refractivity contribution in [2.24, 2.45) is 5.41 Å². The molecule has 32 heavy (non-hydrogen) atoms. The van der Waals surface area contributed by atoms with Gasteiger partial charge in [0.25, 0.3) is 0 Å². The molecule has 2 N–H and O–H groups in total. The monoisotopic (exact) mass is 422 g/mol. The summed E-state index contributed by atoms with van der Waals surface area (Å²) in [6, 6.07) is 24.8. The molecule has 5 rings (SSSR count). The van der Waals surface area contributed by atoms with Crippen LogP contribution in [-0.2, 0) is 4.79 Å². The summed E-state index contributed by atoms with van der Waals surface area (Å²) in [5.74, 6) is 0.145. The standard InChI is InChI=1S/C28H26N2O2/c1-28(2)16-23-25(24(31)17-28)26(18-9-5-3-6-10-18)30-21-14-13-20(15-22(21)29-23)27(32)19-11-7-4-8-12-19/h3-15,26,29-30H,16-17H2,1-2H3/t26-/m1/s1. The van der Waals surface area contributed by atoms with Crippen LogP contribution in [0.15, 0.2) is 90.1 Å². The summed E-state index contributed by atoms with van der Waals surface area (Å²) in [6.45, 7) is 4.25. The Morgan fingerprint density at radius 2 is 1.53 bits per heavy atom. The van der Waals surface area contributed by atoms with Gasteiger partial charge in [0.2, 0.25) is 0 Å². The summed E-state index contributed by atoms with van der Waals surface area (Å²) in [7, 11) is 0. The lowest BCUT2D eigenvalue weighted by molar-refractivity contribution is -0.118. The summed E-state index contributed by atoms with van der Waals surface area (Å²) < 4.78 is 0. The van der Waals surface area contributed by atoms with E-state index in [9.17, 15) is 9.59 Å². The van der Waals surface area contributed by atoms with Gasteiger partial charge in [-0.2, -0.15) is 0 Å². The lowest BCUT2D eigenvalue weighted by atomic mass is 9.73. The normalized spacial score (nSPS) is 19.2. The van der Waals surface area contributed by atoms with E-state index in [0.29, 0.717) is 17.5 Å². The molecule has 3 aromatic rings. The maximum atomic E-state index is 13.3. The number of rotatable bonds is 3. The van der Waals surface area contributed by atoms with Crippen LogP contribution in [0, 0.1) is 5.41 Å². The molecule has 0 aromatic heterocycles. The highest BCUT2D eigenvalue weighted by molar-refractivity contribution is 6.10. The predicted octanol–water partition coefficient (Wildman–Crippen LogP) is 6.14. The number of benzene rings is 3. The molecule has 3 aromatic carbocycles. The molecule has 1 heterocycles. The molecule has 0 saturated carbocycles. The summed E-state index contributed by atoms with van der Waals surface area (Å²) in [4.78, 5) is 26.3. The van der Waals surface area contributed by atoms with E-state index in [1.165, 1.54) is 0 Å². The maximum absolute atomic E-state index is 13.3. The van der Waals surface area contributed by atoms with Gasteiger partial charge < -0.3 is 10.6 Å². The number of anilines is 2. The molecule has 0 radical (unpaired) electrons. The number of carbonyl (C=O) groups excluding carboxylic acids is 2. The van der Waals surface area contributed by atoms with Crippen LogP contribution >= 0.6 is 0 Å². The SMILES string of the molecule is CC1(C)CC(=O)C2=C(C1)Nc1cc(C(=O)c3ccccc3)ccc1N[C@@H]2c1ccccc1.